The molecule has 0 radical (unpaired) electrons. The van der Waals surface area contributed by atoms with Gasteiger partial charge >= 0.3 is 0 Å². The molecule has 0 fully saturated rings. The predicted octanol–water partition coefficient (Wildman–Crippen LogP) is 2.52. The number of hydrogen-bond acceptors (Lipinski definition) is 4. The Balaban J connectivity index is 2.02. The van der Waals surface area contributed by atoms with E-state index in [0.29, 0.717) is 5.56 Å². The van der Waals surface area contributed by atoms with E-state index in [1.54, 1.807) is 25.3 Å². The SMILES string of the molecule is CC(O)c1ccc(N(C)CCc2ccccn2)cc1O. The lowest BCUT2D eigenvalue weighted by Crippen LogP contribution is -2.20. The van der Waals surface area contributed by atoms with Crippen LogP contribution in [0.3, 0.4) is 0 Å². The molecule has 0 aliphatic rings. The second-order valence-corrected chi connectivity index (χ2v) is 4.91. The molecule has 0 saturated carbocycles. The van der Waals surface area contributed by atoms with E-state index < -0.39 is 6.10 Å². The molecule has 0 aliphatic carbocycles. The zero-order valence-corrected chi connectivity index (χ0v) is 11.8. The molecular weight excluding hydrogens is 252 g/mol. The molecule has 2 aromatic rings. The van der Waals surface area contributed by atoms with Gasteiger partial charge in [0.25, 0.3) is 0 Å². The molecule has 1 aromatic heterocycles. The van der Waals surface area contributed by atoms with Crippen LogP contribution in [0.2, 0.25) is 0 Å². The summed E-state index contributed by atoms with van der Waals surface area (Å²) < 4.78 is 0. The lowest BCUT2D eigenvalue weighted by Gasteiger charge is -2.20. The molecule has 0 spiro atoms. The lowest BCUT2D eigenvalue weighted by molar-refractivity contribution is 0.195. The maximum atomic E-state index is 9.90. The molecule has 4 nitrogen and oxygen atoms in total. The highest BCUT2D eigenvalue weighted by Crippen LogP contribution is 2.28. The van der Waals surface area contributed by atoms with Gasteiger partial charge in [-0.05, 0) is 25.1 Å². The fourth-order valence-corrected chi connectivity index (χ4v) is 2.08. The maximum Gasteiger partial charge on any atom is 0.123 e. The molecule has 2 rings (SSSR count). The van der Waals surface area contributed by atoms with Crippen molar-refractivity contribution in [1.82, 2.24) is 4.98 Å². The van der Waals surface area contributed by atoms with Crippen LogP contribution in [0.4, 0.5) is 5.69 Å². The third-order valence-electron chi connectivity index (χ3n) is 3.33. The van der Waals surface area contributed by atoms with Gasteiger partial charge < -0.3 is 15.1 Å². The highest BCUT2D eigenvalue weighted by molar-refractivity contribution is 5.53. The van der Waals surface area contributed by atoms with Gasteiger partial charge in [-0.25, -0.2) is 0 Å². The summed E-state index contributed by atoms with van der Waals surface area (Å²) in [5.41, 5.74) is 2.51. The normalized spacial score (nSPS) is 12.2. The highest BCUT2D eigenvalue weighted by atomic mass is 16.3. The number of benzene rings is 1. The molecule has 106 valence electrons. The zero-order chi connectivity index (χ0) is 14.5. The minimum absolute atomic E-state index is 0.127. The van der Waals surface area contributed by atoms with Crippen LogP contribution in [0.25, 0.3) is 0 Å². The molecule has 1 heterocycles. The number of likely N-dealkylation sites (N-methyl/N-ethyl adjacent to an activating group) is 1. The van der Waals surface area contributed by atoms with Crippen LogP contribution in [0, 0.1) is 0 Å². The third kappa shape index (κ3) is 3.48. The molecule has 1 unspecified atom stereocenters. The molecule has 0 aliphatic heterocycles. The number of phenolic OH excluding ortho intramolecular Hbond substituents is 1. The molecular formula is C16H20N2O2. The maximum absolute atomic E-state index is 9.90. The third-order valence-corrected chi connectivity index (χ3v) is 3.33. The van der Waals surface area contributed by atoms with E-state index >= 15 is 0 Å². The number of aliphatic hydroxyl groups excluding tert-OH is 1. The van der Waals surface area contributed by atoms with Gasteiger partial charge in [-0.15, -0.1) is 0 Å². The van der Waals surface area contributed by atoms with Gasteiger partial charge in [0, 0.05) is 49.2 Å². The summed E-state index contributed by atoms with van der Waals surface area (Å²) in [6, 6.07) is 11.2. The predicted molar refractivity (Wildman–Crippen MR) is 80.0 cm³/mol. The fraction of sp³-hybridized carbons (Fsp3) is 0.312. The quantitative estimate of drug-likeness (QED) is 0.878. The first-order chi connectivity index (χ1) is 9.58. The van der Waals surface area contributed by atoms with E-state index in [-0.39, 0.29) is 5.75 Å². The molecule has 0 amide bonds. The second kappa shape index (κ2) is 6.39. The van der Waals surface area contributed by atoms with Gasteiger partial charge in [-0.2, -0.15) is 0 Å². The monoisotopic (exact) mass is 272 g/mol. The summed E-state index contributed by atoms with van der Waals surface area (Å²) in [6.07, 6.45) is 1.97. The van der Waals surface area contributed by atoms with Crippen LogP contribution in [0.1, 0.15) is 24.3 Å². The first kappa shape index (κ1) is 14.3. The van der Waals surface area contributed by atoms with Gasteiger partial charge in [0.05, 0.1) is 6.10 Å². The van der Waals surface area contributed by atoms with Crippen LogP contribution in [0.5, 0.6) is 5.75 Å². The average molecular weight is 272 g/mol. The summed E-state index contributed by atoms with van der Waals surface area (Å²) in [6.45, 7) is 2.45. The largest absolute Gasteiger partial charge is 0.507 e. The first-order valence-corrected chi connectivity index (χ1v) is 6.70. The van der Waals surface area contributed by atoms with Crippen LogP contribution in [-0.2, 0) is 6.42 Å². The average Bonchev–Trinajstić information content (AvgIpc) is 2.45. The molecule has 1 aromatic carbocycles. The van der Waals surface area contributed by atoms with E-state index in [4.69, 9.17) is 0 Å². The van der Waals surface area contributed by atoms with Crippen molar-refractivity contribution in [3.8, 4) is 5.75 Å². The van der Waals surface area contributed by atoms with Crippen LogP contribution < -0.4 is 4.90 Å². The molecule has 0 bridgehead atoms. The Morgan fingerprint density at radius 3 is 2.65 bits per heavy atom. The Labute approximate surface area is 119 Å². The van der Waals surface area contributed by atoms with E-state index in [0.717, 1.165) is 24.3 Å². The van der Waals surface area contributed by atoms with Crippen LogP contribution in [0.15, 0.2) is 42.6 Å². The standard InChI is InChI=1S/C16H20N2O2/c1-12(19)15-7-6-14(11-16(15)20)18(2)10-8-13-5-3-4-9-17-13/h3-7,9,11-12,19-20H,8,10H2,1-2H3. The fourth-order valence-electron chi connectivity index (χ4n) is 2.08. The summed E-state index contributed by atoms with van der Waals surface area (Å²) >= 11 is 0. The minimum atomic E-state index is -0.664. The molecule has 20 heavy (non-hydrogen) atoms. The second-order valence-electron chi connectivity index (χ2n) is 4.91. The van der Waals surface area contributed by atoms with E-state index in [9.17, 15) is 10.2 Å². The van der Waals surface area contributed by atoms with Gasteiger partial charge in [0.15, 0.2) is 0 Å². The lowest BCUT2D eigenvalue weighted by atomic mass is 10.1. The highest BCUT2D eigenvalue weighted by Gasteiger charge is 2.10. The van der Waals surface area contributed by atoms with Gasteiger partial charge in [0.1, 0.15) is 5.75 Å². The zero-order valence-electron chi connectivity index (χ0n) is 11.8. The summed E-state index contributed by atoms with van der Waals surface area (Å²) in [5, 5.41) is 19.4. The molecule has 1 atom stereocenters. The van der Waals surface area contributed by atoms with Gasteiger partial charge in [-0.3, -0.25) is 4.98 Å². The Morgan fingerprint density at radius 2 is 2.05 bits per heavy atom. The number of phenols is 1. The molecule has 4 heteroatoms. The summed E-state index contributed by atoms with van der Waals surface area (Å²) in [5.74, 6) is 0.127. The number of pyridine rings is 1. The summed E-state index contributed by atoms with van der Waals surface area (Å²) in [4.78, 5) is 6.35. The van der Waals surface area contributed by atoms with Crippen LogP contribution >= 0.6 is 0 Å². The number of rotatable bonds is 5. The smallest absolute Gasteiger partial charge is 0.123 e. The number of aromatic hydroxyl groups is 1. The Kier molecular flexibility index (Phi) is 4.58. The van der Waals surface area contributed by atoms with Crippen molar-refractivity contribution in [1.29, 1.82) is 0 Å². The minimum Gasteiger partial charge on any atom is -0.507 e. The van der Waals surface area contributed by atoms with E-state index in [1.165, 1.54) is 0 Å². The van der Waals surface area contributed by atoms with Crippen molar-refractivity contribution in [2.75, 3.05) is 18.5 Å². The number of aliphatic hydroxyl groups is 1. The first-order valence-electron chi connectivity index (χ1n) is 6.70. The van der Waals surface area contributed by atoms with Gasteiger partial charge in [0.2, 0.25) is 0 Å². The number of hydrogen-bond donors (Lipinski definition) is 2. The van der Waals surface area contributed by atoms with Crippen molar-refractivity contribution in [3.63, 3.8) is 0 Å². The van der Waals surface area contributed by atoms with Crippen molar-refractivity contribution in [2.45, 2.75) is 19.4 Å². The number of nitrogens with zero attached hydrogens (tertiary/aromatic N) is 2. The number of aromatic nitrogens is 1. The van der Waals surface area contributed by atoms with Crippen molar-refractivity contribution in [3.05, 3.63) is 53.9 Å². The van der Waals surface area contributed by atoms with Crippen molar-refractivity contribution >= 4 is 5.69 Å². The van der Waals surface area contributed by atoms with E-state index in [1.807, 2.05) is 31.3 Å². The van der Waals surface area contributed by atoms with Gasteiger partial charge in [-0.1, -0.05) is 12.1 Å². The summed E-state index contributed by atoms with van der Waals surface area (Å²) in [7, 11) is 1.97. The Morgan fingerprint density at radius 1 is 1.25 bits per heavy atom. The van der Waals surface area contributed by atoms with Crippen LogP contribution in [-0.4, -0.2) is 28.8 Å². The van der Waals surface area contributed by atoms with E-state index in [2.05, 4.69) is 9.88 Å². The van der Waals surface area contributed by atoms with Crippen molar-refractivity contribution in [2.24, 2.45) is 0 Å². The number of anilines is 1. The van der Waals surface area contributed by atoms with Crippen molar-refractivity contribution < 1.29 is 10.2 Å². The molecule has 2 N–H and O–H groups in total. The Hall–Kier alpha value is -2.07. The topological polar surface area (TPSA) is 56.6 Å². The molecule has 0 saturated heterocycles. The Bertz CT molecular complexity index is 556.